The van der Waals surface area contributed by atoms with Crippen molar-refractivity contribution in [3.8, 4) is 11.5 Å². The molecule has 2 aromatic rings. The molecule has 0 spiro atoms. The number of methoxy groups -OCH3 is 1. The van der Waals surface area contributed by atoms with Gasteiger partial charge in [-0.2, -0.15) is 4.31 Å². The monoisotopic (exact) mass is 424 g/mol. The van der Waals surface area contributed by atoms with Gasteiger partial charge in [0.15, 0.2) is 0 Å². The zero-order valence-electron chi connectivity index (χ0n) is 15.7. The molecule has 0 unspecified atom stereocenters. The summed E-state index contributed by atoms with van der Waals surface area (Å²) in [6, 6.07) is 10.6. The van der Waals surface area contributed by atoms with Gasteiger partial charge < -0.3 is 14.8 Å². The fourth-order valence-corrected chi connectivity index (χ4v) is 5.69. The number of amides is 1. The maximum Gasteiger partial charge on any atom is 0.252 e. The Morgan fingerprint density at radius 3 is 2.64 bits per heavy atom. The van der Waals surface area contributed by atoms with E-state index < -0.39 is 10.0 Å². The third kappa shape index (κ3) is 5.03. The molecule has 1 saturated heterocycles. The van der Waals surface area contributed by atoms with E-state index in [2.05, 4.69) is 5.32 Å². The molecule has 3 rings (SSSR count). The lowest BCUT2D eigenvalue weighted by molar-refractivity contribution is -0.126. The number of nitrogens with zero attached hydrogens (tertiary/aromatic N) is 1. The highest BCUT2D eigenvalue weighted by molar-refractivity contribution is 7.91. The summed E-state index contributed by atoms with van der Waals surface area (Å²) in [5.41, 5.74) is 0. The molecule has 1 aromatic heterocycles. The molecule has 0 atom stereocenters. The van der Waals surface area contributed by atoms with Crippen molar-refractivity contribution in [2.24, 2.45) is 5.92 Å². The summed E-state index contributed by atoms with van der Waals surface area (Å²) in [5, 5.41) is 4.62. The Balaban J connectivity index is 1.40. The fourth-order valence-electron chi connectivity index (χ4n) is 3.07. The molecule has 28 heavy (non-hydrogen) atoms. The molecule has 1 aliphatic heterocycles. The van der Waals surface area contributed by atoms with E-state index >= 15 is 0 Å². The summed E-state index contributed by atoms with van der Waals surface area (Å²) in [6.45, 7) is 1.46. The van der Waals surface area contributed by atoms with Gasteiger partial charge in [-0.3, -0.25) is 4.79 Å². The Morgan fingerprint density at radius 2 is 1.96 bits per heavy atom. The predicted molar refractivity (Wildman–Crippen MR) is 107 cm³/mol. The minimum Gasteiger partial charge on any atom is -0.497 e. The summed E-state index contributed by atoms with van der Waals surface area (Å²) < 4.78 is 37.6. The number of benzene rings is 1. The van der Waals surface area contributed by atoms with Crippen molar-refractivity contribution in [2.75, 3.05) is 33.4 Å². The van der Waals surface area contributed by atoms with Crippen LogP contribution in [-0.2, 0) is 14.8 Å². The predicted octanol–water partition coefficient (Wildman–Crippen LogP) is 2.35. The smallest absolute Gasteiger partial charge is 0.252 e. The lowest BCUT2D eigenvalue weighted by Gasteiger charge is -2.30. The second-order valence-electron chi connectivity index (χ2n) is 6.43. The van der Waals surface area contributed by atoms with E-state index in [0.717, 1.165) is 0 Å². The second kappa shape index (κ2) is 9.40. The van der Waals surface area contributed by atoms with Crippen LogP contribution in [0.4, 0.5) is 0 Å². The highest BCUT2D eigenvalue weighted by Gasteiger charge is 2.32. The highest BCUT2D eigenvalue weighted by Crippen LogP contribution is 2.26. The van der Waals surface area contributed by atoms with Gasteiger partial charge >= 0.3 is 0 Å². The number of thiophene rings is 1. The molecule has 0 aliphatic carbocycles. The van der Waals surface area contributed by atoms with Crippen molar-refractivity contribution in [1.29, 1.82) is 0 Å². The molecule has 2 heterocycles. The van der Waals surface area contributed by atoms with Crippen LogP contribution in [0.3, 0.4) is 0 Å². The average Bonchev–Trinajstić information content (AvgIpc) is 3.27. The van der Waals surface area contributed by atoms with Gasteiger partial charge in [-0.1, -0.05) is 12.1 Å². The van der Waals surface area contributed by atoms with Crippen molar-refractivity contribution in [3.63, 3.8) is 0 Å². The van der Waals surface area contributed by atoms with E-state index in [1.807, 2.05) is 18.2 Å². The number of rotatable bonds is 8. The average molecular weight is 425 g/mol. The van der Waals surface area contributed by atoms with Gasteiger partial charge in [0.25, 0.3) is 10.0 Å². The molecule has 1 aromatic carbocycles. The van der Waals surface area contributed by atoms with Crippen molar-refractivity contribution in [3.05, 3.63) is 41.8 Å². The molecule has 0 bridgehead atoms. The number of nitrogens with one attached hydrogen (secondary N) is 1. The number of hydrogen-bond acceptors (Lipinski definition) is 6. The van der Waals surface area contributed by atoms with Gasteiger partial charge in [0.1, 0.15) is 22.3 Å². The van der Waals surface area contributed by atoms with E-state index in [-0.39, 0.29) is 11.8 Å². The van der Waals surface area contributed by atoms with Crippen LogP contribution in [0.1, 0.15) is 12.8 Å². The molecule has 152 valence electrons. The van der Waals surface area contributed by atoms with E-state index in [4.69, 9.17) is 9.47 Å². The van der Waals surface area contributed by atoms with Gasteiger partial charge in [-0.25, -0.2) is 8.42 Å². The lowest BCUT2D eigenvalue weighted by Crippen LogP contribution is -2.43. The Kier molecular flexibility index (Phi) is 6.93. The highest BCUT2D eigenvalue weighted by atomic mass is 32.2. The molecule has 0 saturated carbocycles. The van der Waals surface area contributed by atoms with Crippen LogP contribution in [0.2, 0.25) is 0 Å². The zero-order valence-corrected chi connectivity index (χ0v) is 17.3. The van der Waals surface area contributed by atoms with E-state index in [1.54, 1.807) is 30.7 Å². The molecular weight excluding hydrogens is 400 g/mol. The number of piperidine rings is 1. The SMILES string of the molecule is COc1cccc(OCCNC(=O)C2CCN(S(=O)(=O)c3cccs3)CC2)c1. The summed E-state index contributed by atoms with van der Waals surface area (Å²) in [4.78, 5) is 12.3. The summed E-state index contributed by atoms with van der Waals surface area (Å²) in [5.74, 6) is 1.17. The van der Waals surface area contributed by atoms with Crippen LogP contribution >= 0.6 is 11.3 Å². The third-order valence-corrected chi connectivity index (χ3v) is 7.90. The fraction of sp³-hybridized carbons (Fsp3) is 0.421. The third-order valence-electron chi connectivity index (χ3n) is 4.63. The number of carbonyl (C=O) groups is 1. The van der Waals surface area contributed by atoms with Crippen molar-refractivity contribution < 1.29 is 22.7 Å². The van der Waals surface area contributed by atoms with Crippen LogP contribution in [0.25, 0.3) is 0 Å². The number of hydrogen-bond donors (Lipinski definition) is 1. The summed E-state index contributed by atoms with van der Waals surface area (Å²) in [7, 11) is -1.84. The summed E-state index contributed by atoms with van der Waals surface area (Å²) in [6.07, 6.45) is 1.04. The number of ether oxygens (including phenoxy) is 2. The van der Waals surface area contributed by atoms with Gasteiger partial charge in [0, 0.05) is 25.1 Å². The first-order valence-corrected chi connectivity index (χ1v) is 11.4. The Morgan fingerprint density at radius 1 is 1.21 bits per heavy atom. The minimum atomic E-state index is -3.44. The molecule has 1 N–H and O–H groups in total. The Labute approximate surface area is 169 Å². The van der Waals surface area contributed by atoms with Crippen LogP contribution in [0, 0.1) is 5.92 Å². The first-order chi connectivity index (χ1) is 13.5. The molecule has 1 aliphatic rings. The van der Waals surface area contributed by atoms with Gasteiger partial charge in [0.05, 0.1) is 13.7 Å². The van der Waals surface area contributed by atoms with Crippen molar-refractivity contribution >= 4 is 27.3 Å². The van der Waals surface area contributed by atoms with Crippen LogP contribution in [0.15, 0.2) is 46.0 Å². The maximum atomic E-state index is 12.5. The largest absolute Gasteiger partial charge is 0.497 e. The molecule has 7 nitrogen and oxygen atoms in total. The first kappa shape index (κ1) is 20.6. The lowest BCUT2D eigenvalue weighted by atomic mass is 9.97. The van der Waals surface area contributed by atoms with Crippen molar-refractivity contribution in [2.45, 2.75) is 17.1 Å². The van der Waals surface area contributed by atoms with Crippen LogP contribution in [0.5, 0.6) is 11.5 Å². The number of sulfonamides is 1. The first-order valence-electron chi connectivity index (χ1n) is 9.09. The van der Waals surface area contributed by atoms with Crippen LogP contribution in [-0.4, -0.2) is 52.0 Å². The van der Waals surface area contributed by atoms with E-state index in [1.165, 1.54) is 15.6 Å². The molecule has 0 radical (unpaired) electrons. The summed E-state index contributed by atoms with van der Waals surface area (Å²) >= 11 is 1.21. The normalized spacial score (nSPS) is 15.9. The minimum absolute atomic E-state index is 0.0533. The van der Waals surface area contributed by atoms with Gasteiger partial charge in [-0.05, 0) is 36.4 Å². The van der Waals surface area contributed by atoms with Gasteiger partial charge in [0.2, 0.25) is 5.91 Å². The Hall–Kier alpha value is -2.10. The molecule has 9 heteroatoms. The van der Waals surface area contributed by atoms with E-state index in [9.17, 15) is 13.2 Å². The van der Waals surface area contributed by atoms with Gasteiger partial charge in [-0.15, -0.1) is 11.3 Å². The second-order valence-corrected chi connectivity index (χ2v) is 9.54. The molecular formula is C19H24N2O5S2. The number of carbonyl (C=O) groups excluding carboxylic acids is 1. The Bertz CT molecular complexity index is 875. The maximum absolute atomic E-state index is 12.5. The molecule has 1 fully saturated rings. The standard InChI is InChI=1S/C19H24N2O5S2/c1-25-16-4-2-5-17(14-16)26-12-9-20-19(22)15-7-10-21(11-8-15)28(23,24)18-6-3-13-27-18/h2-6,13-15H,7-12H2,1H3,(H,20,22). The molecule has 1 amide bonds. The van der Waals surface area contributed by atoms with Crippen molar-refractivity contribution in [1.82, 2.24) is 9.62 Å². The topological polar surface area (TPSA) is 84.9 Å². The quantitative estimate of drug-likeness (QED) is 0.658. The zero-order chi connectivity index (χ0) is 20.0. The van der Waals surface area contributed by atoms with Crippen LogP contribution < -0.4 is 14.8 Å². The van der Waals surface area contributed by atoms with E-state index in [0.29, 0.717) is 54.8 Å².